The van der Waals surface area contributed by atoms with E-state index in [-0.39, 0.29) is 11.2 Å². The third-order valence-corrected chi connectivity index (χ3v) is 2.62. The van der Waals surface area contributed by atoms with E-state index in [9.17, 15) is 4.79 Å². The third-order valence-electron chi connectivity index (χ3n) is 2.62. The molecule has 0 N–H and O–H groups in total. The van der Waals surface area contributed by atoms with Crippen LogP contribution in [0.3, 0.4) is 0 Å². The van der Waals surface area contributed by atoms with Crippen molar-refractivity contribution in [1.29, 1.82) is 0 Å². The van der Waals surface area contributed by atoms with Crippen molar-refractivity contribution in [2.24, 2.45) is 0 Å². The molecule has 2 heterocycles. The standard InChI is InChI=1S/C13H16N2O/c1-9(16)10-6-5-7-15-11(10)8-14-12(15)13(2,3)4/h5-8H,1-4H3. The quantitative estimate of drug-likeness (QED) is 0.687. The maximum Gasteiger partial charge on any atom is 0.161 e. The average molecular weight is 216 g/mol. The number of imidazole rings is 1. The van der Waals surface area contributed by atoms with Crippen LogP contribution in [0.15, 0.2) is 24.5 Å². The number of nitrogens with zero attached hydrogens (tertiary/aromatic N) is 2. The number of rotatable bonds is 1. The number of hydrogen-bond donors (Lipinski definition) is 0. The van der Waals surface area contributed by atoms with Crippen LogP contribution in [0.4, 0.5) is 0 Å². The highest BCUT2D eigenvalue weighted by molar-refractivity contribution is 6.00. The lowest BCUT2D eigenvalue weighted by molar-refractivity contribution is 0.101. The van der Waals surface area contributed by atoms with Gasteiger partial charge in [-0.05, 0) is 19.1 Å². The van der Waals surface area contributed by atoms with Crippen LogP contribution in [0.1, 0.15) is 43.9 Å². The molecule has 2 rings (SSSR count). The van der Waals surface area contributed by atoms with Crippen molar-refractivity contribution in [2.45, 2.75) is 33.1 Å². The van der Waals surface area contributed by atoms with Crippen molar-refractivity contribution in [3.63, 3.8) is 0 Å². The summed E-state index contributed by atoms with van der Waals surface area (Å²) in [5, 5.41) is 0. The molecule has 0 fully saturated rings. The first-order chi connectivity index (χ1) is 7.41. The molecule has 0 saturated carbocycles. The summed E-state index contributed by atoms with van der Waals surface area (Å²) < 4.78 is 2.00. The molecule has 0 bridgehead atoms. The Morgan fingerprint density at radius 2 is 2.06 bits per heavy atom. The van der Waals surface area contributed by atoms with Crippen LogP contribution in [0.2, 0.25) is 0 Å². The highest BCUT2D eigenvalue weighted by Gasteiger charge is 2.20. The van der Waals surface area contributed by atoms with E-state index in [1.165, 1.54) is 0 Å². The molecule has 16 heavy (non-hydrogen) atoms. The molecule has 0 unspecified atom stereocenters. The summed E-state index contributed by atoms with van der Waals surface area (Å²) in [6.45, 7) is 7.92. The number of pyridine rings is 1. The Balaban J connectivity index is 2.76. The van der Waals surface area contributed by atoms with E-state index in [1.54, 1.807) is 13.1 Å². The number of fused-ring (bicyclic) bond motifs is 1. The zero-order chi connectivity index (χ0) is 11.9. The molecular formula is C13H16N2O. The molecule has 0 atom stereocenters. The zero-order valence-electron chi connectivity index (χ0n) is 10.1. The second-order valence-corrected chi connectivity index (χ2v) is 5.07. The lowest BCUT2D eigenvalue weighted by atomic mass is 9.96. The van der Waals surface area contributed by atoms with E-state index >= 15 is 0 Å². The van der Waals surface area contributed by atoms with Crippen LogP contribution in [0, 0.1) is 0 Å². The van der Waals surface area contributed by atoms with Crippen molar-refractivity contribution in [3.05, 3.63) is 35.9 Å². The Bertz CT molecular complexity index is 547. The lowest BCUT2D eigenvalue weighted by Crippen LogP contribution is -2.16. The van der Waals surface area contributed by atoms with Crippen LogP contribution in [-0.4, -0.2) is 15.2 Å². The predicted molar refractivity (Wildman–Crippen MR) is 63.9 cm³/mol. The van der Waals surface area contributed by atoms with Crippen molar-refractivity contribution in [1.82, 2.24) is 9.38 Å². The largest absolute Gasteiger partial charge is 0.303 e. The maximum absolute atomic E-state index is 11.5. The first kappa shape index (κ1) is 10.9. The molecule has 0 amide bonds. The predicted octanol–water partition coefficient (Wildman–Crippen LogP) is 2.83. The SMILES string of the molecule is CC(=O)c1cccn2c(C(C)(C)C)ncc12. The van der Waals surface area contributed by atoms with Gasteiger partial charge in [-0.1, -0.05) is 20.8 Å². The van der Waals surface area contributed by atoms with Gasteiger partial charge in [0.05, 0.1) is 11.7 Å². The van der Waals surface area contributed by atoms with E-state index in [4.69, 9.17) is 0 Å². The summed E-state index contributed by atoms with van der Waals surface area (Å²) in [5.41, 5.74) is 1.59. The number of Topliss-reactive ketones (excluding diaryl/α,β-unsaturated/α-hetero) is 1. The van der Waals surface area contributed by atoms with Gasteiger partial charge in [-0.3, -0.25) is 4.79 Å². The average Bonchev–Trinajstić information content (AvgIpc) is 2.59. The Morgan fingerprint density at radius 3 is 2.62 bits per heavy atom. The summed E-state index contributed by atoms with van der Waals surface area (Å²) in [5.74, 6) is 1.05. The third kappa shape index (κ3) is 1.62. The van der Waals surface area contributed by atoms with E-state index in [2.05, 4.69) is 25.8 Å². The van der Waals surface area contributed by atoms with Gasteiger partial charge in [0.2, 0.25) is 0 Å². The monoisotopic (exact) mass is 216 g/mol. The van der Waals surface area contributed by atoms with E-state index < -0.39 is 0 Å². The highest BCUT2D eigenvalue weighted by Crippen LogP contribution is 2.23. The molecule has 2 aromatic heterocycles. The van der Waals surface area contributed by atoms with Gasteiger partial charge in [0.15, 0.2) is 5.78 Å². The van der Waals surface area contributed by atoms with Gasteiger partial charge < -0.3 is 4.40 Å². The molecule has 2 aromatic rings. The van der Waals surface area contributed by atoms with Gasteiger partial charge in [-0.15, -0.1) is 0 Å². The first-order valence-electron chi connectivity index (χ1n) is 5.39. The second-order valence-electron chi connectivity index (χ2n) is 5.07. The van der Waals surface area contributed by atoms with Gasteiger partial charge in [0.25, 0.3) is 0 Å². The van der Waals surface area contributed by atoms with Crippen molar-refractivity contribution < 1.29 is 4.79 Å². The molecule has 0 aromatic carbocycles. The van der Waals surface area contributed by atoms with Gasteiger partial charge in [0, 0.05) is 17.2 Å². The molecule has 3 nitrogen and oxygen atoms in total. The molecule has 0 aliphatic carbocycles. The summed E-state index contributed by atoms with van der Waals surface area (Å²) in [7, 11) is 0. The van der Waals surface area contributed by atoms with Gasteiger partial charge >= 0.3 is 0 Å². The summed E-state index contributed by atoms with van der Waals surface area (Å²) >= 11 is 0. The molecule has 0 aliphatic heterocycles. The Labute approximate surface area is 95.1 Å². The molecule has 84 valence electrons. The lowest BCUT2D eigenvalue weighted by Gasteiger charge is -2.16. The van der Waals surface area contributed by atoms with Crippen molar-refractivity contribution in [3.8, 4) is 0 Å². The van der Waals surface area contributed by atoms with E-state index in [1.807, 2.05) is 22.7 Å². The number of carbonyl (C=O) groups excluding carboxylic acids is 1. The van der Waals surface area contributed by atoms with Crippen LogP contribution in [0.25, 0.3) is 5.52 Å². The summed E-state index contributed by atoms with van der Waals surface area (Å²) in [6.07, 6.45) is 3.73. The van der Waals surface area contributed by atoms with Crippen molar-refractivity contribution >= 4 is 11.3 Å². The first-order valence-corrected chi connectivity index (χ1v) is 5.39. The fourth-order valence-electron chi connectivity index (χ4n) is 1.87. The minimum atomic E-state index is -0.0260. The van der Waals surface area contributed by atoms with E-state index in [0.717, 1.165) is 16.9 Å². The number of aromatic nitrogens is 2. The van der Waals surface area contributed by atoms with Crippen LogP contribution >= 0.6 is 0 Å². The van der Waals surface area contributed by atoms with Crippen LogP contribution in [0.5, 0.6) is 0 Å². The topological polar surface area (TPSA) is 34.4 Å². The second kappa shape index (κ2) is 3.44. The van der Waals surface area contributed by atoms with Gasteiger partial charge in [0.1, 0.15) is 5.82 Å². The minimum Gasteiger partial charge on any atom is -0.303 e. The maximum atomic E-state index is 11.5. The van der Waals surface area contributed by atoms with E-state index in [0.29, 0.717) is 0 Å². The Hall–Kier alpha value is -1.64. The van der Waals surface area contributed by atoms with Gasteiger partial charge in [-0.25, -0.2) is 4.98 Å². The normalized spacial score (nSPS) is 12.0. The Morgan fingerprint density at radius 1 is 1.38 bits per heavy atom. The summed E-state index contributed by atoms with van der Waals surface area (Å²) in [4.78, 5) is 15.9. The van der Waals surface area contributed by atoms with Crippen LogP contribution < -0.4 is 0 Å². The molecule has 3 heteroatoms. The molecule has 0 saturated heterocycles. The molecule has 0 aliphatic rings. The zero-order valence-corrected chi connectivity index (χ0v) is 10.1. The fourth-order valence-corrected chi connectivity index (χ4v) is 1.87. The van der Waals surface area contributed by atoms with Gasteiger partial charge in [-0.2, -0.15) is 0 Å². The molecule has 0 spiro atoms. The molecule has 0 radical (unpaired) electrons. The fraction of sp³-hybridized carbons (Fsp3) is 0.385. The minimum absolute atomic E-state index is 0.0260. The number of ketones is 1. The number of hydrogen-bond acceptors (Lipinski definition) is 2. The van der Waals surface area contributed by atoms with Crippen molar-refractivity contribution in [2.75, 3.05) is 0 Å². The summed E-state index contributed by atoms with van der Waals surface area (Å²) in [6, 6.07) is 3.73. The molecular weight excluding hydrogens is 200 g/mol. The number of carbonyl (C=O) groups is 1. The smallest absolute Gasteiger partial charge is 0.161 e. The highest BCUT2D eigenvalue weighted by atomic mass is 16.1. The van der Waals surface area contributed by atoms with Crippen LogP contribution in [-0.2, 0) is 5.41 Å². The Kier molecular flexibility index (Phi) is 2.34.